The van der Waals surface area contributed by atoms with E-state index in [9.17, 15) is 0 Å². The Hall–Kier alpha value is -3.54. The van der Waals surface area contributed by atoms with Crippen molar-refractivity contribution in [1.82, 2.24) is 15.0 Å². The zero-order valence-corrected chi connectivity index (χ0v) is 12.7. The predicted molar refractivity (Wildman–Crippen MR) is 93.9 cm³/mol. The minimum Gasteiger partial charge on any atom is -0.338 e. The molecule has 2 heterocycles. The van der Waals surface area contributed by atoms with E-state index in [1.165, 1.54) is 0 Å². The van der Waals surface area contributed by atoms with E-state index in [0.717, 1.165) is 33.8 Å². The molecule has 0 amide bonds. The van der Waals surface area contributed by atoms with E-state index in [-0.39, 0.29) is 0 Å². The summed E-state index contributed by atoms with van der Waals surface area (Å²) >= 11 is 0. The molecule has 0 fully saturated rings. The van der Waals surface area contributed by atoms with Crippen molar-refractivity contribution in [2.75, 3.05) is 5.43 Å². The molecule has 0 radical (unpaired) electrons. The van der Waals surface area contributed by atoms with Crippen LogP contribution < -0.4 is 5.43 Å². The highest BCUT2D eigenvalue weighted by Crippen LogP contribution is 2.22. The molecular formula is C18H14N6. The number of nitrogens with one attached hydrogen (secondary N) is 2. The number of aromatic nitrogens is 3. The van der Waals surface area contributed by atoms with Gasteiger partial charge in [-0.05, 0) is 48.5 Å². The number of hydrogen-bond donors (Lipinski definition) is 2. The number of imidazole rings is 1. The normalized spacial score (nSPS) is 11.2. The fraction of sp³-hybridized carbons (Fsp3) is 0. The Morgan fingerprint density at radius 1 is 0.875 bits per heavy atom. The van der Waals surface area contributed by atoms with Crippen LogP contribution in [0.25, 0.3) is 22.4 Å². The topological polar surface area (TPSA) is 78.3 Å². The van der Waals surface area contributed by atoms with Gasteiger partial charge < -0.3 is 4.98 Å². The number of nitrogens with zero attached hydrogens (tertiary/aromatic N) is 4. The first kappa shape index (κ1) is 14.1. The van der Waals surface area contributed by atoms with Gasteiger partial charge in [0.1, 0.15) is 5.82 Å². The standard InChI is InChI=1S/C18H14N6/c1-2-4-17-16(3-1)20-18(21-17)13-5-7-14(8-6-13)22-24-23-15-9-11-19-12-10-15/h1-12H,(H,20,21)(H,19,22,23). The molecule has 2 aromatic carbocycles. The van der Waals surface area contributed by atoms with Crippen molar-refractivity contribution >= 4 is 22.4 Å². The molecule has 0 atom stereocenters. The summed E-state index contributed by atoms with van der Waals surface area (Å²) in [7, 11) is 0. The minimum atomic E-state index is 0.747. The number of rotatable bonds is 4. The summed E-state index contributed by atoms with van der Waals surface area (Å²) in [5.41, 5.74) is 7.51. The molecular weight excluding hydrogens is 300 g/mol. The largest absolute Gasteiger partial charge is 0.338 e. The first-order valence-corrected chi connectivity index (χ1v) is 7.50. The Labute approximate surface area is 138 Å². The maximum Gasteiger partial charge on any atom is 0.138 e. The van der Waals surface area contributed by atoms with Crippen LogP contribution in [0.5, 0.6) is 0 Å². The molecule has 116 valence electrons. The molecule has 6 nitrogen and oxygen atoms in total. The Balaban J connectivity index is 1.49. The average Bonchev–Trinajstić information content (AvgIpc) is 3.07. The molecule has 0 aliphatic rings. The number of aromatic amines is 1. The van der Waals surface area contributed by atoms with Gasteiger partial charge in [-0.3, -0.25) is 10.4 Å². The zero-order valence-electron chi connectivity index (χ0n) is 12.7. The zero-order chi connectivity index (χ0) is 16.2. The summed E-state index contributed by atoms with van der Waals surface area (Å²) in [6.45, 7) is 0. The molecule has 4 aromatic rings. The van der Waals surface area contributed by atoms with Gasteiger partial charge in [-0.15, -0.1) is 5.11 Å². The van der Waals surface area contributed by atoms with Gasteiger partial charge in [0.15, 0.2) is 0 Å². The second-order valence-electron chi connectivity index (χ2n) is 5.20. The smallest absolute Gasteiger partial charge is 0.138 e. The van der Waals surface area contributed by atoms with Crippen LogP contribution >= 0.6 is 0 Å². The monoisotopic (exact) mass is 314 g/mol. The maximum absolute atomic E-state index is 4.59. The van der Waals surface area contributed by atoms with Gasteiger partial charge in [-0.25, -0.2) is 4.98 Å². The fourth-order valence-electron chi connectivity index (χ4n) is 2.34. The van der Waals surface area contributed by atoms with E-state index >= 15 is 0 Å². The Morgan fingerprint density at radius 2 is 1.67 bits per heavy atom. The summed E-state index contributed by atoms with van der Waals surface area (Å²) in [6.07, 6.45) is 3.35. The van der Waals surface area contributed by atoms with Crippen LogP contribution in [0, 0.1) is 0 Å². The highest BCUT2D eigenvalue weighted by atomic mass is 15.4. The lowest BCUT2D eigenvalue weighted by atomic mass is 10.2. The van der Waals surface area contributed by atoms with Gasteiger partial charge in [0, 0.05) is 18.0 Å². The molecule has 4 rings (SSSR count). The second kappa shape index (κ2) is 6.29. The van der Waals surface area contributed by atoms with Gasteiger partial charge in [0.25, 0.3) is 0 Å². The molecule has 0 bridgehead atoms. The van der Waals surface area contributed by atoms with Crippen LogP contribution in [0.15, 0.2) is 83.4 Å². The number of pyridine rings is 1. The molecule has 0 aliphatic heterocycles. The van der Waals surface area contributed by atoms with Crippen molar-refractivity contribution in [2.45, 2.75) is 0 Å². The lowest BCUT2D eigenvalue weighted by molar-refractivity contribution is 1.12. The number of hydrogen-bond acceptors (Lipinski definition) is 4. The molecule has 0 saturated carbocycles. The van der Waals surface area contributed by atoms with Crippen molar-refractivity contribution in [3.63, 3.8) is 0 Å². The molecule has 0 unspecified atom stereocenters. The number of H-pyrrole nitrogens is 1. The summed E-state index contributed by atoms with van der Waals surface area (Å²) in [6, 6.07) is 19.4. The molecule has 6 heteroatoms. The van der Waals surface area contributed by atoms with Gasteiger partial charge >= 0.3 is 0 Å². The molecule has 24 heavy (non-hydrogen) atoms. The second-order valence-corrected chi connectivity index (χ2v) is 5.20. The quantitative estimate of drug-likeness (QED) is 0.422. The van der Waals surface area contributed by atoms with Crippen molar-refractivity contribution in [3.05, 3.63) is 73.1 Å². The van der Waals surface area contributed by atoms with Crippen molar-refractivity contribution < 1.29 is 0 Å². The van der Waals surface area contributed by atoms with E-state index in [4.69, 9.17) is 0 Å². The van der Waals surface area contributed by atoms with Crippen LogP contribution in [0.2, 0.25) is 0 Å². The first-order chi connectivity index (χ1) is 11.9. The lowest BCUT2D eigenvalue weighted by Gasteiger charge is -2.01. The number of benzene rings is 2. The summed E-state index contributed by atoms with van der Waals surface area (Å²) in [5, 5.41) is 8.04. The van der Waals surface area contributed by atoms with E-state index in [1.807, 2.05) is 48.5 Å². The third-order valence-electron chi connectivity index (χ3n) is 3.56. The number of para-hydroxylation sites is 2. The van der Waals surface area contributed by atoms with Crippen LogP contribution in [-0.4, -0.2) is 15.0 Å². The Bertz CT molecular complexity index is 940. The van der Waals surface area contributed by atoms with Crippen LogP contribution in [-0.2, 0) is 0 Å². The summed E-state index contributed by atoms with van der Waals surface area (Å²) in [5.74, 6) is 0.848. The fourth-order valence-corrected chi connectivity index (χ4v) is 2.34. The number of anilines is 1. The maximum atomic E-state index is 4.59. The van der Waals surface area contributed by atoms with Crippen LogP contribution in [0.3, 0.4) is 0 Å². The molecule has 0 aliphatic carbocycles. The lowest BCUT2D eigenvalue weighted by Crippen LogP contribution is -1.87. The third-order valence-corrected chi connectivity index (χ3v) is 3.56. The van der Waals surface area contributed by atoms with E-state index in [1.54, 1.807) is 24.5 Å². The van der Waals surface area contributed by atoms with E-state index in [0.29, 0.717) is 0 Å². The third kappa shape index (κ3) is 2.98. The minimum absolute atomic E-state index is 0.747. The van der Waals surface area contributed by atoms with E-state index in [2.05, 4.69) is 30.7 Å². The predicted octanol–water partition coefficient (Wildman–Crippen LogP) is 4.74. The van der Waals surface area contributed by atoms with Crippen molar-refractivity contribution in [1.29, 1.82) is 0 Å². The summed E-state index contributed by atoms with van der Waals surface area (Å²) in [4.78, 5) is 11.8. The highest BCUT2D eigenvalue weighted by Gasteiger charge is 2.04. The molecule has 0 spiro atoms. The average molecular weight is 314 g/mol. The van der Waals surface area contributed by atoms with Gasteiger partial charge in [0.05, 0.1) is 22.4 Å². The van der Waals surface area contributed by atoms with Gasteiger partial charge in [-0.2, -0.15) is 0 Å². The summed E-state index contributed by atoms with van der Waals surface area (Å²) < 4.78 is 0. The van der Waals surface area contributed by atoms with Gasteiger partial charge in [-0.1, -0.05) is 17.4 Å². The SMILES string of the molecule is c1ccc2[nH]c(-c3ccc(NN=Nc4ccncc4)cc3)nc2c1. The molecule has 0 saturated heterocycles. The number of fused-ring (bicyclic) bond motifs is 1. The highest BCUT2D eigenvalue weighted by molar-refractivity contribution is 5.79. The Kier molecular flexibility index (Phi) is 3.69. The van der Waals surface area contributed by atoms with Gasteiger partial charge in [0.2, 0.25) is 0 Å². The van der Waals surface area contributed by atoms with Crippen molar-refractivity contribution in [2.24, 2.45) is 10.3 Å². The first-order valence-electron chi connectivity index (χ1n) is 7.50. The molecule has 2 N–H and O–H groups in total. The Morgan fingerprint density at radius 3 is 2.46 bits per heavy atom. The van der Waals surface area contributed by atoms with Crippen molar-refractivity contribution in [3.8, 4) is 11.4 Å². The van der Waals surface area contributed by atoms with Crippen LogP contribution in [0.4, 0.5) is 11.4 Å². The van der Waals surface area contributed by atoms with Crippen LogP contribution in [0.1, 0.15) is 0 Å². The van der Waals surface area contributed by atoms with E-state index < -0.39 is 0 Å². The molecule has 2 aromatic heterocycles.